The van der Waals surface area contributed by atoms with Crippen LogP contribution in [-0.4, -0.2) is 30.2 Å². The molecule has 0 aromatic rings. The van der Waals surface area contributed by atoms with Gasteiger partial charge in [0.15, 0.2) is 5.78 Å². The summed E-state index contributed by atoms with van der Waals surface area (Å²) in [6.45, 7) is 7.43. The molecule has 2 rings (SSSR count). The lowest BCUT2D eigenvalue weighted by atomic mass is 10.1. The zero-order valence-corrected chi connectivity index (χ0v) is 13.4. The van der Waals surface area contributed by atoms with Crippen LogP contribution in [0.2, 0.25) is 0 Å². The quantitative estimate of drug-likeness (QED) is 0.809. The van der Waals surface area contributed by atoms with E-state index in [2.05, 4.69) is 5.32 Å². The predicted octanol–water partition coefficient (Wildman–Crippen LogP) is 2.20. The second-order valence-electron chi connectivity index (χ2n) is 6.29. The molecule has 6 nitrogen and oxygen atoms in total. The first-order valence-electron chi connectivity index (χ1n) is 7.17. The van der Waals surface area contributed by atoms with E-state index in [0.717, 1.165) is 19.3 Å². The van der Waals surface area contributed by atoms with Crippen molar-refractivity contribution in [3.05, 3.63) is 0 Å². The minimum Gasteiger partial charge on any atom is -0.630 e. The van der Waals surface area contributed by atoms with Gasteiger partial charge in [0.05, 0.1) is 12.5 Å². The van der Waals surface area contributed by atoms with Gasteiger partial charge in [-0.1, -0.05) is 6.42 Å². The van der Waals surface area contributed by atoms with E-state index in [1.807, 2.05) is 0 Å². The smallest absolute Gasteiger partial charge is 0.410 e. The Labute approximate surface area is 120 Å². The highest BCUT2D eigenvalue weighted by Gasteiger charge is 2.60. The highest BCUT2D eigenvalue weighted by molar-refractivity contribution is 7.60. The van der Waals surface area contributed by atoms with Gasteiger partial charge < -0.3 is 9.63 Å². The average molecular weight is 305 g/mol. The van der Waals surface area contributed by atoms with Crippen molar-refractivity contribution in [1.82, 2.24) is 5.32 Å². The topological polar surface area (TPSA) is 79.9 Å². The molecule has 1 saturated carbocycles. The van der Waals surface area contributed by atoms with Gasteiger partial charge in [-0.3, -0.25) is 5.32 Å². The summed E-state index contributed by atoms with van der Waals surface area (Å²) in [6, 6.07) is 0. The summed E-state index contributed by atoms with van der Waals surface area (Å²) in [5.74, 6) is -0.537. The van der Waals surface area contributed by atoms with Gasteiger partial charge >= 0.3 is 6.09 Å². The molecule has 0 aromatic heterocycles. The van der Waals surface area contributed by atoms with Gasteiger partial charge in [-0.15, -0.1) is 0 Å². The van der Waals surface area contributed by atoms with Crippen molar-refractivity contribution in [3.63, 3.8) is 0 Å². The number of rotatable bonds is 3. The lowest BCUT2D eigenvalue weighted by molar-refractivity contribution is -0.219. The van der Waals surface area contributed by atoms with Crippen molar-refractivity contribution in [3.8, 4) is 0 Å². The third kappa shape index (κ3) is 3.42. The Balaban J connectivity index is 2.07. The zero-order valence-electron chi connectivity index (χ0n) is 12.5. The van der Waals surface area contributed by atoms with Gasteiger partial charge in [-0.25, -0.2) is 13.8 Å². The summed E-state index contributed by atoms with van der Waals surface area (Å²) in [7, 11) is -3.29. The summed E-state index contributed by atoms with van der Waals surface area (Å²) in [5, 5.41) is 2.71. The molecule has 7 heteroatoms. The van der Waals surface area contributed by atoms with E-state index in [0.29, 0.717) is 6.61 Å². The summed E-state index contributed by atoms with van der Waals surface area (Å²) >= 11 is 0. The Morgan fingerprint density at radius 1 is 1.45 bits per heavy atom. The van der Waals surface area contributed by atoms with Crippen molar-refractivity contribution in [2.75, 3.05) is 6.61 Å². The molecule has 0 bridgehead atoms. The van der Waals surface area contributed by atoms with E-state index in [1.54, 1.807) is 27.7 Å². The normalized spacial score (nSPS) is 36.8. The molecule has 1 amide bonds. The number of carbonyl (C=O) groups excluding carboxylic acids is 1. The van der Waals surface area contributed by atoms with Crippen LogP contribution in [0.25, 0.3) is 0 Å². The van der Waals surface area contributed by atoms with E-state index in [4.69, 9.17) is 13.8 Å². The fourth-order valence-corrected chi connectivity index (χ4v) is 5.27. The molecular weight excluding hydrogens is 281 g/mol. The number of alkyl carbamates (subject to hydrolysis) is 1. The van der Waals surface area contributed by atoms with Crippen LogP contribution in [0.5, 0.6) is 0 Å². The van der Waals surface area contributed by atoms with Crippen LogP contribution >= 0.6 is 7.94 Å². The molecule has 2 fully saturated rings. The lowest BCUT2D eigenvalue weighted by Gasteiger charge is -2.30. The molecule has 20 heavy (non-hydrogen) atoms. The number of fused-ring (bicyclic) bond motifs is 1. The van der Waals surface area contributed by atoms with Crippen molar-refractivity contribution in [1.29, 1.82) is 0 Å². The van der Waals surface area contributed by atoms with Gasteiger partial charge in [-0.2, -0.15) is 0 Å². The molecule has 1 aliphatic heterocycles. The highest BCUT2D eigenvalue weighted by atomic mass is 31.2. The first kappa shape index (κ1) is 16.0. The van der Waals surface area contributed by atoms with Crippen LogP contribution in [0.1, 0.15) is 47.0 Å². The minimum absolute atomic E-state index is 0.0555. The van der Waals surface area contributed by atoms with Crippen LogP contribution in [-0.2, 0) is 13.8 Å². The maximum absolute atomic E-state index is 12.7. The maximum Gasteiger partial charge on any atom is 0.410 e. The Morgan fingerprint density at radius 3 is 2.75 bits per heavy atom. The Morgan fingerprint density at radius 2 is 2.15 bits per heavy atom. The van der Waals surface area contributed by atoms with E-state index < -0.39 is 25.4 Å². The zero-order chi connectivity index (χ0) is 15.0. The van der Waals surface area contributed by atoms with Crippen molar-refractivity contribution >= 4 is 14.0 Å². The largest absolute Gasteiger partial charge is 0.630 e. The predicted molar refractivity (Wildman–Crippen MR) is 73.9 cm³/mol. The number of ether oxygens (including phenoxy) is 1. The molecule has 1 N–H and O–H groups in total. The standard InChI is InChI=1S/C13H24NO5P/c1-5-17-20(16)11(9-7-6-8-10(9)19-20)14-12(15)18-13(2,3)4/h9-11H,5-8H2,1-4H3,(H,14,15)/t9-,10+,11+,20?/m1/s1. The Bertz CT molecular complexity index is 372. The molecule has 0 aromatic carbocycles. The van der Waals surface area contributed by atoms with Gasteiger partial charge in [0, 0.05) is 0 Å². The number of hydrogen-bond acceptors (Lipinski definition) is 5. The van der Waals surface area contributed by atoms with Crippen molar-refractivity contribution in [2.24, 2.45) is 5.92 Å². The molecule has 2 aliphatic rings. The van der Waals surface area contributed by atoms with Gasteiger partial charge in [0.25, 0.3) is 7.94 Å². The third-order valence-electron chi connectivity index (χ3n) is 3.51. The maximum atomic E-state index is 12.7. The van der Waals surface area contributed by atoms with Crippen molar-refractivity contribution in [2.45, 2.75) is 64.4 Å². The molecule has 0 spiro atoms. The van der Waals surface area contributed by atoms with Crippen molar-refractivity contribution < 1.29 is 23.5 Å². The third-order valence-corrected chi connectivity index (χ3v) is 5.88. The van der Waals surface area contributed by atoms with Crippen LogP contribution in [0.3, 0.4) is 0 Å². The molecule has 116 valence electrons. The first-order chi connectivity index (χ1) is 9.25. The van der Waals surface area contributed by atoms with E-state index >= 15 is 0 Å². The van der Waals surface area contributed by atoms with E-state index in [1.165, 1.54) is 0 Å². The van der Waals surface area contributed by atoms with Crippen LogP contribution in [0.4, 0.5) is 4.79 Å². The fraction of sp³-hybridized carbons (Fsp3) is 0.923. The average Bonchev–Trinajstić information content (AvgIpc) is 2.79. The lowest BCUT2D eigenvalue weighted by Crippen LogP contribution is -2.44. The minimum atomic E-state index is -3.29. The van der Waals surface area contributed by atoms with Crippen LogP contribution in [0, 0.1) is 5.92 Å². The molecule has 1 saturated heterocycles. The van der Waals surface area contributed by atoms with E-state index in [-0.39, 0.29) is 12.0 Å². The second-order valence-corrected chi connectivity index (χ2v) is 8.39. The van der Waals surface area contributed by atoms with Gasteiger partial charge in [0.1, 0.15) is 11.7 Å². The molecular formula is C13H24NO5P. The number of hydrogen-bond donors (Lipinski definition) is 1. The number of carbonyl (C=O) groups is 1. The monoisotopic (exact) mass is 305 g/mol. The molecule has 0 radical (unpaired) electrons. The second kappa shape index (κ2) is 5.76. The van der Waals surface area contributed by atoms with Crippen LogP contribution in [0.15, 0.2) is 0 Å². The first-order valence-corrected chi connectivity index (χ1v) is 8.78. The SMILES string of the molecule is CCO[P+]1([O-])O[C@H]2CCC[C@H]2[C@H]1NC(=O)OC(C)(C)C. The Kier molecular flexibility index (Phi) is 4.59. The molecule has 1 unspecified atom stereocenters. The van der Waals surface area contributed by atoms with Gasteiger partial charge in [-0.05, 0) is 40.5 Å². The van der Waals surface area contributed by atoms with E-state index in [9.17, 15) is 9.69 Å². The summed E-state index contributed by atoms with van der Waals surface area (Å²) in [6.07, 6.45) is 2.13. The number of amides is 1. The summed E-state index contributed by atoms with van der Waals surface area (Å²) in [4.78, 5) is 24.7. The fourth-order valence-electron chi connectivity index (χ4n) is 2.84. The summed E-state index contributed by atoms with van der Waals surface area (Å²) < 4.78 is 16.2. The summed E-state index contributed by atoms with van der Waals surface area (Å²) in [5.41, 5.74) is -0.589. The Hall–Kier alpha value is -0.420. The highest BCUT2D eigenvalue weighted by Crippen LogP contribution is 2.68. The molecule has 1 aliphatic carbocycles. The molecule has 4 atom stereocenters. The molecule has 1 heterocycles. The van der Waals surface area contributed by atoms with Crippen LogP contribution < -0.4 is 10.2 Å². The number of nitrogens with one attached hydrogen (secondary N) is 1. The van der Waals surface area contributed by atoms with Gasteiger partial charge in [0.2, 0.25) is 0 Å².